The molecule has 7 heteroatoms. The third kappa shape index (κ3) is 4.28. The van der Waals surface area contributed by atoms with Crippen LogP contribution in [-0.4, -0.2) is 41.3 Å². The van der Waals surface area contributed by atoms with Crippen LogP contribution in [0.4, 0.5) is 0 Å². The van der Waals surface area contributed by atoms with E-state index in [1.807, 2.05) is 72.8 Å². The normalized spacial score (nSPS) is 17.1. The second kappa shape index (κ2) is 10.2. The molecule has 0 saturated heterocycles. The summed E-state index contributed by atoms with van der Waals surface area (Å²) in [5.74, 6) is 2.09. The van der Waals surface area contributed by atoms with E-state index in [1.165, 1.54) is 0 Å². The second-order valence-corrected chi connectivity index (χ2v) is 9.83. The van der Waals surface area contributed by atoms with Crippen LogP contribution in [0.3, 0.4) is 0 Å². The van der Waals surface area contributed by atoms with Crippen LogP contribution >= 0.6 is 0 Å². The first-order valence-corrected chi connectivity index (χ1v) is 13.1. The number of carbonyl (C=O) groups excluding carboxylic acids is 1. The molecule has 38 heavy (non-hydrogen) atoms. The summed E-state index contributed by atoms with van der Waals surface area (Å²) in [5, 5.41) is 7.67. The molecule has 0 bridgehead atoms. The summed E-state index contributed by atoms with van der Waals surface area (Å²) in [5.41, 5.74) is 5.25. The first-order valence-electron chi connectivity index (χ1n) is 13.1. The van der Waals surface area contributed by atoms with Gasteiger partial charge in [0.25, 0.3) is 5.91 Å². The van der Waals surface area contributed by atoms with Gasteiger partial charge in [0.05, 0.1) is 26.0 Å². The molecule has 1 aliphatic carbocycles. The van der Waals surface area contributed by atoms with Crippen molar-refractivity contribution < 1.29 is 19.0 Å². The zero-order valence-electron chi connectivity index (χ0n) is 21.6. The number of rotatable bonds is 8. The summed E-state index contributed by atoms with van der Waals surface area (Å²) >= 11 is 0. The highest BCUT2D eigenvalue weighted by Crippen LogP contribution is 2.47. The summed E-state index contributed by atoms with van der Waals surface area (Å²) in [6.07, 6.45) is 4.28. The number of carbonyl (C=O) groups is 1. The molecule has 1 fully saturated rings. The maximum absolute atomic E-state index is 13.8. The number of nitrogens with zero attached hydrogens (tertiary/aromatic N) is 2. The van der Waals surface area contributed by atoms with Crippen molar-refractivity contribution in [1.82, 2.24) is 15.1 Å². The van der Waals surface area contributed by atoms with Crippen LogP contribution in [0.2, 0.25) is 0 Å². The number of hydrogen-bond donors (Lipinski definition) is 1. The minimum absolute atomic E-state index is 0.00697. The molecular formula is C31H31N3O4. The maximum atomic E-state index is 13.8. The average molecular weight is 510 g/mol. The summed E-state index contributed by atoms with van der Waals surface area (Å²) in [7, 11) is 3.30. The van der Waals surface area contributed by atoms with Crippen LogP contribution in [0, 0.1) is 0 Å². The lowest BCUT2D eigenvalue weighted by Crippen LogP contribution is -2.37. The molecule has 1 aromatic heterocycles. The van der Waals surface area contributed by atoms with Crippen LogP contribution in [0.15, 0.2) is 72.8 Å². The van der Waals surface area contributed by atoms with Gasteiger partial charge in [-0.05, 0) is 60.4 Å². The van der Waals surface area contributed by atoms with Crippen LogP contribution < -0.4 is 14.2 Å². The van der Waals surface area contributed by atoms with Gasteiger partial charge >= 0.3 is 0 Å². The van der Waals surface area contributed by atoms with Gasteiger partial charge in [0.2, 0.25) is 0 Å². The molecule has 6 rings (SSSR count). The molecule has 4 aromatic rings. The van der Waals surface area contributed by atoms with Crippen molar-refractivity contribution in [1.29, 1.82) is 0 Å². The summed E-state index contributed by atoms with van der Waals surface area (Å²) in [6.45, 7) is 0.445. The van der Waals surface area contributed by atoms with Gasteiger partial charge in [-0.25, -0.2) is 0 Å². The van der Waals surface area contributed by atoms with Gasteiger partial charge < -0.3 is 19.1 Å². The van der Waals surface area contributed by atoms with Crippen LogP contribution in [0.5, 0.6) is 17.2 Å². The first kappa shape index (κ1) is 24.1. The van der Waals surface area contributed by atoms with Gasteiger partial charge in [-0.15, -0.1) is 0 Å². The van der Waals surface area contributed by atoms with E-state index in [1.54, 1.807) is 14.2 Å². The SMILES string of the molecule is COc1ccc(-c2n[nH]c3c2C(c2ccc(OCc4ccccc4)c(OC)c2)N(C2CCCC2)C3=O)cc1. The van der Waals surface area contributed by atoms with E-state index in [4.69, 9.17) is 14.2 Å². The molecule has 2 aliphatic rings. The second-order valence-electron chi connectivity index (χ2n) is 9.83. The smallest absolute Gasteiger partial charge is 0.273 e. The van der Waals surface area contributed by atoms with E-state index in [0.29, 0.717) is 23.8 Å². The molecule has 194 valence electrons. The Kier molecular flexibility index (Phi) is 6.50. The standard InChI is InChI=1S/C31H31N3O4/c1-36-24-15-12-21(13-16-24)28-27-29(33-32-28)31(35)34(23-10-6-7-11-23)30(27)22-14-17-25(26(18-22)37-2)38-19-20-8-4-3-5-9-20/h3-5,8-9,12-18,23,30H,6-7,10-11,19H2,1-2H3,(H,32,33). The Labute approximate surface area is 222 Å². The lowest BCUT2D eigenvalue weighted by molar-refractivity contribution is 0.0660. The Bertz CT molecular complexity index is 1430. The van der Waals surface area contributed by atoms with E-state index >= 15 is 0 Å². The zero-order valence-corrected chi connectivity index (χ0v) is 21.6. The molecule has 1 N–H and O–H groups in total. The van der Waals surface area contributed by atoms with Crippen molar-refractivity contribution in [3.05, 3.63) is 95.2 Å². The Morgan fingerprint density at radius 1 is 0.921 bits per heavy atom. The van der Waals surface area contributed by atoms with Gasteiger partial charge in [0, 0.05) is 17.2 Å². The van der Waals surface area contributed by atoms with Crippen molar-refractivity contribution in [3.63, 3.8) is 0 Å². The zero-order chi connectivity index (χ0) is 26.1. The van der Waals surface area contributed by atoms with Crippen molar-refractivity contribution in [2.45, 2.75) is 44.4 Å². The van der Waals surface area contributed by atoms with E-state index in [-0.39, 0.29) is 18.0 Å². The number of nitrogens with one attached hydrogen (secondary N) is 1. The largest absolute Gasteiger partial charge is 0.497 e. The van der Waals surface area contributed by atoms with Gasteiger partial charge in [-0.1, -0.05) is 49.2 Å². The summed E-state index contributed by atoms with van der Waals surface area (Å²) in [6, 6.07) is 23.8. The van der Waals surface area contributed by atoms with Crippen LogP contribution in [0.25, 0.3) is 11.3 Å². The highest BCUT2D eigenvalue weighted by Gasteiger charge is 2.46. The molecule has 2 heterocycles. The molecule has 3 aromatic carbocycles. The van der Waals surface area contributed by atoms with E-state index < -0.39 is 0 Å². The molecule has 1 amide bonds. The van der Waals surface area contributed by atoms with Crippen molar-refractivity contribution in [2.75, 3.05) is 14.2 Å². The summed E-state index contributed by atoms with van der Waals surface area (Å²) in [4.78, 5) is 15.8. The molecule has 0 spiro atoms. The molecule has 1 unspecified atom stereocenters. The molecule has 1 aliphatic heterocycles. The van der Waals surface area contributed by atoms with Gasteiger partial charge in [0.15, 0.2) is 11.5 Å². The fourth-order valence-corrected chi connectivity index (χ4v) is 5.73. The third-order valence-electron chi connectivity index (χ3n) is 7.63. The number of hydrogen-bond acceptors (Lipinski definition) is 5. The van der Waals surface area contributed by atoms with E-state index in [9.17, 15) is 4.79 Å². The highest BCUT2D eigenvalue weighted by atomic mass is 16.5. The number of aromatic nitrogens is 2. The number of aromatic amines is 1. The molecule has 1 atom stereocenters. The predicted octanol–water partition coefficient (Wildman–Crippen LogP) is 6.16. The Morgan fingerprint density at radius 2 is 1.68 bits per heavy atom. The Balaban J connectivity index is 1.40. The minimum atomic E-state index is -0.270. The summed E-state index contributed by atoms with van der Waals surface area (Å²) < 4.78 is 17.2. The number of ether oxygens (including phenoxy) is 3. The quantitative estimate of drug-likeness (QED) is 0.308. The molecule has 7 nitrogen and oxygen atoms in total. The van der Waals surface area contributed by atoms with E-state index in [0.717, 1.165) is 59.4 Å². The topological polar surface area (TPSA) is 76.7 Å². The number of amides is 1. The molecule has 1 saturated carbocycles. The fraction of sp³-hybridized carbons (Fsp3) is 0.290. The number of methoxy groups -OCH3 is 2. The lowest BCUT2D eigenvalue weighted by atomic mass is 9.95. The van der Waals surface area contributed by atoms with Crippen molar-refractivity contribution in [2.24, 2.45) is 0 Å². The fourth-order valence-electron chi connectivity index (χ4n) is 5.73. The van der Waals surface area contributed by atoms with Crippen molar-refractivity contribution in [3.8, 4) is 28.5 Å². The van der Waals surface area contributed by atoms with Crippen LogP contribution in [0.1, 0.15) is 58.9 Å². The number of benzene rings is 3. The molecule has 0 radical (unpaired) electrons. The highest BCUT2D eigenvalue weighted by molar-refractivity contribution is 6.00. The monoisotopic (exact) mass is 509 g/mol. The number of fused-ring (bicyclic) bond motifs is 1. The van der Waals surface area contributed by atoms with Crippen LogP contribution in [-0.2, 0) is 6.61 Å². The van der Waals surface area contributed by atoms with E-state index in [2.05, 4.69) is 15.1 Å². The maximum Gasteiger partial charge on any atom is 0.273 e. The first-order chi connectivity index (χ1) is 18.7. The molecular weight excluding hydrogens is 478 g/mol. The Morgan fingerprint density at radius 3 is 2.39 bits per heavy atom. The van der Waals surface area contributed by atoms with Gasteiger partial charge in [-0.3, -0.25) is 9.89 Å². The van der Waals surface area contributed by atoms with Gasteiger partial charge in [0.1, 0.15) is 18.1 Å². The number of H-pyrrole nitrogens is 1. The average Bonchev–Trinajstić information content (AvgIpc) is 3.70. The minimum Gasteiger partial charge on any atom is -0.497 e. The predicted molar refractivity (Wildman–Crippen MR) is 145 cm³/mol. The Hall–Kier alpha value is -4.26. The lowest BCUT2D eigenvalue weighted by Gasteiger charge is -2.32. The van der Waals surface area contributed by atoms with Gasteiger partial charge in [-0.2, -0.15) is 5.10 Å². The van der Waals surface area contributed by atoms with Crippen molar-refractivity contribution >= 4 is 5.91 Å². The third-order valence-corrected chi connectivity index (χ3v) is 7.63.